The minimum atomic E-state index is -0.178. The van der Waals surface area contributed by atoms with Crippen LogP contribution in [-0.4, -0.2) is 41.4 Å². The molecule has 1 aromatic rings. The molecule has 1 aromatic carbocycles. The van der Waals surface area contributed by atoms with E-state index in [0.717, 1.165) is 19.6 Å². The SMILES string of the molecule is CC1(C)CN(Cc2ccc3c(c2)CCC3)CC(CO)O1. The predicted octanol–water partition coefficient (Wildman–Crippen LogP) is 2.15. The lowest BCUT2D eigenvalue weighted by Crippen LogP contribution is -2.53. The lowest BCUT2D eigenvalue weighted by molar-refractivity contribution is -0.150. The monoisotopic (exact) mass is 275 g/mol. The van der Waals surface area contributed by atoms with E-state index in [0.29, 0.717) is 0 Å². The van der Waals surface area contributed by atoms with Crippen molar-refractivity contribution in [3.8, 4) is 0 Å². The number of fused-ring (bicyclic) bond motifs is 1. The Morgan fingerprint density at radius 3 is 2.90 bits per heavy atom. The van der Waals surface area contributed by atoms with Gasteiger partial charge in [-0.05, 0) is 49.8 Å². The van der Waals surface area contributed by atoms with Gasteiger partial charge in [0.1, 0.15) is 0 Å². The summed E-state index contributed by atoms with van der Waals surface area (Å²) in [5.74, 6) is 0. The van der Waals surface area contributed by atoms with E-state index in [2.05, 4.69) is 36.9 Å². The van der Waals surface area contributed by atoms with Gasteiger partial charge in [-0.25, -0.2) is 0 Å². The Labute approximate surface area is 121 Å². The lowest BCUT2D eigenvalue weighted by atomic mass is 10.0. The Bertz CT molecular complexity index is 484. The van der Waals surface area contributed by atoms with Crippen LogP contribution in [0.4, 0.5) is 0 Å². The number of rotatable bonds is 3. The summed E-state index contributed by atoms with van der Waals surface area (Å²) in [5.41, 5.74) is 4.28. The van der Waals surface area contributed by atoms with Gasteiger partial charge in [0, 0.05) is 19.6 Å². The average molecular weight is 275 g/mol. The fourth-order valence-electron chi connectivity index (χ4n) is 3.61. The first-order valence-electron chi connectivity index (χ1n) is 7.67. The van der Waals surface area contributed by atoms with E-state index < -0.39 is 0 Å². The van der Waals surface area contributed by atoms with E-state index in [4.69, 9.17) is 4.74 Å². The molecule has 1 atom stereocenters. The molecule has 3 rings (SSSR count). The summed E-state index contributed by atoms with van der Waals surface area (Å²) in [6.45, 7) is 6.99. The van der Waals surface area contributed by atoms with E-state index in [1.807, 2.05) is 0 Å². The number of aryl methyl sites for hydroxylation is 2. The van der Waals surface area contributed by atoms with Crippen LogP contribution in [0.25, 0.3) is 0 Å². The Morgan fingerprint density at radius 1 is 1.30 bits per heavy atom. The van der Waals surface area contributed by atoms with Crippen molar-refractivity contribution in [1.82, 2.24) is 4.90 Å². The van der Waals surface area contributed by atoms with Crippen LogP contribution in [0.5, 0.6) is 0 Å². The van der Waals surface area contributed by atoms with Gasteiger partial charge in [0.05, 0.1) is 18.3 Å². The standard InChI is InChI=1S/C17H25NO2/c1-17(2)12-18(10-16(11-19)20-17)9-13-6-7-14-4-3-5-15(14)8-13/h6-8,16,19H,3-5,9-12H2,1-2H3. The average Bonchev–Trinajstić information content (AvgIpc) is 2.84. The Balaban J connectivity index is 1.70. The summed E-state index contributed by atoms with van der Waals surface area (Å²) < 4.78 is 5.87. The molecular formula is C17H25NO2. The van der Waals surface area contributed by atoms with Gasteiger partial charge in [-0.2, -0.15) is 0 Å². The molecule has 0 spiro atoms. The highest BCUT2D eigenvalue weighted by molar-refractivity contribution is 5.35. The van der Waals surface area contributed by atoms with E-state index in [1.54, 1.807) is 0 Å². The molecular weight excluding hydrogens is 250 g/mol. The molecule has 1 unspecified atom stereocenters. The molecule has 3 heteroatoms. The van der Waals surface area contributed by atoms with Crippen LogP contribution < -0.4 is 0 Å². The molecule has 2 aliphatic rings. The number of benzene rings is 1. The third-order valence-corrected chi connectivity index (χ3v) is 4.32. The highest BCUT2D eigenvalue weighted by Crippen LogP contribution is 2.26. The van der Waals surface area contributed by atoms with Gasteiger partial charge in [-0.1, -0.05) is 18.2 Å². The first-order valence-corrected chi connectivity index (χ1v) is 7.67. The fraction of sp³-hybridized carbons (Fsp3) is 0.647. The smallest absolute Gasteiger partial charge is 0.0940 e. The summed E-state index contributed by atoms with van der Waals surface area (Å²) in [6, 6.07) is 6.94. The molecule has 1 N–H and O–H groups in total. The molecule has 20 heavy (non-hydrogen) atoms. The van der Waals surface area contributed by atoms with Crippen molar-refractivity contribution in [1.29, 1.82) is 0 Å². The fourth-order valence-corrected chi connectivity index (χ4v) is 3.61. The first kappa shape index (κ1) is 14.1. The minimum Gasteiger partial charge on any atom is -0.394 e. The lowest BCUT2D eigenvalue weighted by Gasteiger charge is -2.42. The van der Waals surface area contributed by atoms with Crippen LogP contribution in [0.2, 0.25) is 0 Å². The maximum atomic E-state index is 9.38. The number of aliphatic hydroxyl groups is 1. The summed E-state index contributed by atoms with van der Waals surface area (Å²) in [4.78, 5) is 2.40. The maximum absolute atomic E-state index is 9.38. The quantitative estimate of drug-likeness (QED) is 0.917. The van der Waals surface area contributed by atoms with Crippen molar-refractivity contribution < 1.29 is 9.84 Å². The molecule has 0 radical (unpaired) electrons. The minimum absolute atomic E-state index is 0.0619. The number of nitrogens with zero attached hydrogens (tertiary/aromatic N) is 1. The van der Waals surface area contributed by atoms with Crippen LogP contribution in [0.15, 0.2) is 18.2 Å². The second kappa shape index (κ2) is 5.47. The zero-order valence-corrected chi connectivity index (χ0v) is 12.6. The van der Waals surface area contributed by atoms with Crippen LogP contribution in [0.3, 0.4) is 0 Å². The zero-order chi connectivity index (χ0) is 14.2. The highest BCUT2D eigenvalue weighted by Gasteiger charge is 2.32. The summed E-state index contributed by atoms with van der Waals surface area (Å²) in [7, 11) is 0. The van der Waals surface area contributed by atoms with E-state index >= 15 is 0 Å². The number of aliphatic hydroxyl groups excluding tert-OH is 1. The zero-order valence-electron chi connectivity index (χ0n) is 12.6. The second-order valence-corrected chi connectivity index (χ2v) is 6.81. The third kappa shape index (κ3) is 3.05. The van der Waals surface area contributed by atoms with Crippen molar-refractivity contribution in [3.63, 3.8) is 0 Å². The first-order chi connectivity index (χ1) is 9.55. The van der Waals surface area contributed by atoms with Crippen molar-refractivity contribution in [3.05, 3.63) is 34.9 Å². The molecule has 0 bridgehead atoms. The Kier molecular flexibility index (Phi) is 3.85. The molecule has 1 fully saturated rings. The molecule has 0 aromatic heterocycles. The molecule has 0 amide bonds. The second-order valence-electron chi connectivity index (χ2n) is 6.81. The van der Waals surface area contributed by atoms with Gasteiger partial charge in [0.15, 0.2) is 0 Å². The van der Waals surface area contributed by atoms with Gasteiger partial charge in [0.2, 0.25) is 0 Å². The highest BCUT2D eigenvalue weighted by atomic mass is 16.5. The molecule has 3 nitrogen and oxygen atoms in total. The third-order valence-electron chi connectivity index (χ3n) is 4.32. The van der Waals surface area contributed by atoms with Crippen molar-refractivity contribution >= 4 is 0 Å². The number of hydrogen-bond donors (Lipinski definition) is 1. The Hall–Kier alpha value is -0.900. The van der Waals surface area contributed by atoms with Crippen LogP contribution in [-0.2, 0) is 24.1 Å². The summed E-state index contributed by atoms with van der Waals surface area (Å²) in [5, 5.41) is 9.38. The van der Waals surface area contributed by atoms with Gasteiger partial charge in [-0.15, -0.1) is 0 Å². The predicted molar refractivity (Wildman–Crippen MR) is 79.8 cm³/mol. The molecule has 1 aliphatic heterocycles. The van der Waals surface area contributed by atoms with Gasteiger partial charge < -0.3 is 9.84 Å². The van der Waals surface area contributed by atoms with E-state index in [9.17, 15) is 5.11 Å². The van der Waals surface area contributed by atoms with Gasteiger partial charge in [-0.3, -0.25) is 4.90 Å². The molecule has 110 valence electrons. The van der Waals surface area contributed by atoms with E-state index in [1.165, 1.54) is 36.0 Å². The number of ether oxygens (including phenoxy) is 1. The van der Waals surface area contributed by atoms with Crippen LogP contribution in [0.1, 0.15) is 37.0 Å². The largest absolute Gasteiger partial charge is 0.394 e. The normalized spacial score (nSPS) is 25.6. The van der Waals surface area contributed by atoms with Crippen molar-refractivity contribution in [2.75, 3.05) is 19.7 Å². The van der Waals surface area contributed by atoms with Crippen molar-refractivity contribution in [2.45, 2.75) is 51.4 Å². The molecule has 1 aliphatic carbocycles. The van der Waals surface area contributed by atoms with Gasteiger partial charge >= 0.3 is 0 Å². The topological polar surface area (TPSA) is 32.7 Å². The Morgan fingerprint density at radius 2 is 2.10 bits per heavy atom. The maximum Gasteiger partial charge on any atom is 0.0940 e. The summed E-state index contributed by atoms with van der Waals surface area (Å²) >= 11 is 0. The van der Waals surface area contributed by atoms with E-state index in [-0.39, 0.29) is 18.3 Å². The summed E-state index contributed by atoms with van der Waals surface area (Å²) in [6.07, 6.45) is 3.72. The van der Waals surface area contributed by atoms with Crippen LogP contribution in [0, 0.1) is 0 Å². The molecule has 1 saturated heterocycles. The van der Waals surface area contributed by atoms with Crippen LogP contribution >= 0.6 is 0 Å². The molecule has 0 saturated carbocycles. The van der Waals surface area contributed by atoms with Gasteiger partial charge in [0.25, 0.3) is 0 Å². The molecule has 1 heterocycles. The number of hydrogen-bond acceptors (Lipinski definition) is 3. The van der Waals surface area contributed by atoms with Crippen molar-refractivity contribution in [2.24, 2.45) is 0 Å². The number of morpholine rings is 1.